The highest BCUT2D eigenvalue weighted by molar-refractivity contribution is 5.55. The quantitative estimate of drug-likeness (QED) is 0.562. The average molecular weight is 335 g/mol. The minimum absolute atomic E-state index is 0.209. The zero-order chi connectivity index (χ0) is 18.2. The van der Waals surface area contributed by atoms with Crippen LogP contribution in [0.5, 0.6) is 11.5 Å². The van der Waals surface area contributed by atoms with Gasteiger partial charge in [-0.25, -0.2) is 0 Å². The van der Waals surface area contributed by atoms with Gasteiger partial charge < -0.3 is 14.8 Å². The summed E-state index contributed by atoms with van der Waals surface area (Å²) in [6.45, 7) is 8.92. The van der Waals surface area contributed by atoms with Crippen molar-refractivity contribution in [1.82, 2.24) is 0 Å². The third kappa shape index (κ3) is 4.81. The molecule has 0 spiro atoms. The van der Waals surface area contributed by atoms with Crippen LogP contribution in [0.1, 0.15) is 22.3 Å². The highest BCUT2D eigenvalue weighted by atomic mass is 16.5. The minimum Gasteiger partial charge on any atom is -0.493 e. The lowest BCUT2D eigenvalue weighted by molar-refractivity contribution is 0.328. The summed E-state index contributed by atoms with van der Waals surface area (Å²) in [6, 6.07) is 10.5. The van der Waals surface area contributed by atoms with Crippen LogP contribution in [0.2, 0.25) is 0 Å². The zero-order valence-corrected chi connectivity index (χ0v) is 15.2. The van der Waals surface area contributed by atoms with Gasteiger partial charge in [0.25, 0.3) is 0 Å². The van der Waals surface area contributed by atoms with E-state index in [0.717, 1.165) is 16.8 Å². The van der Waals surface area contributed by atoms with E-state index >= 15 is 0 Å². The molecular formula is C22H25NO2. The first-order valence-corrected chi connectivity index (χ1v) is 8.27. The van der Waals surface area contributed by atoms with E-state index < -0.39 is 0 Å². The maximum absolute atomic E-state index is 5.68. The molecule has 25 heavy (non-hydrogen) atoms. The Hall–Kier alpha value is -2.86. The van der Waals surface area contributed by atoms with E-state index in [-0.39, 0.29) is 6.61 Å². The van der Waals surface area contributed by atoms with Gasteiger partial charge in [-0.05, 0) is 55.2 Å². The van der Waals surface area contributed by atoms with Crippen molar-refractivity contribution in [2.45, 2.75) is 26.8 Å². The van der Waals surface area contributed by atoms with Crippen LogP contribution in [0.15, 0.2) is 43.0 Å². The highest BCUT2D eigenvalue weighted by Gasteiger charge is 2.12. The number of benzene rings is 2. The zero-order valence-electron chi connectivity index (χ0n) is 15.2. The van der Waals surface area contributed by atoms with Gasteiger partial charge in [0.1, 0.15) is 6.61 Å². The Kier molecular flexibility index (Phi) is 6.54. The number of nitrogens with one attached hydrogen (secondary N) is 1. The first-order chi connectivity index (χ1) is 12.1. The summed E-state index contributed by atoms with van der Waals surface area (Å²) in [5.74, 6) is 3.87. The molecule has 0 aromatic heterocycles. The van der Waals surface area contributed by atoms with Gasteiger partial charge in [-0.3, -0.25) is 0 Å². The van der Waals surface area contributed by atoms with Gasteiger partial charge in [0.2, 0.25) is 0 Å². The summed E-state index contributed by atoms with van der Waals surface area (Å²) >= 11 is 0. The van der Waals surface area contributed by atoms with Gasteiger partial charge in [-0.2, -0.15) is 0 Å². The normalized spacial score (nSPS) is 10.0. The molecule has 0 radical (unpaired) electrons. The van der Waals surface area contributed by atoms with Crippen molar-refractivity contribution in [3.05, 3.63) is 65.2 Å². The molecule has 1 N–H and O–H groups in total. The number of aryl methyl sites for hydroxylation is 2. The van der Waals surface area contributed by atoms with Gasteiger partial charge in [0, 0.05) is 17.8 Å². The molecule has 0 heterocycles. The fourth-order valence-electron chi connectivity index (χ4n) is 2.69. The molecular weight excluding hydrogens is 310 g/mol. The van der Waals surface area contributed by atoms with Crippen molar-refractivity contribution in [2.24, 2.45) is 0 Å². The van der Waals surface area contributed by atoms with E-state index in [4.69, 9.17) is 15.9 Å². The Labute approximate surface area is 150 Å². The van der Waals surface area contributed by atoms with Gasteiger partial charge in [-0.1, -0.05) is 24.1 Å². The second-order valence-corrected chi connectivity index (χ2v) is 5.94. The number of ether oxygens (including phenoxy) is 2. The Morgan fingerprint density at radius 2 is 2.04 bits per heavy atom. The SMILES string of the molecule is C#CCOc1c(CC=C)cc(CNc2cc(C)ccc2C)cc1OC. The number of anilines is 1. The molecule has 0 amide bonds. The summed E-state index contributed by atoms with van der Waals surface area (Å²) in [5.41, 5.74) is 5.72. The van der Waals surface area contributed by atoms with Crippen molar-refractivity contribution in [2.75, 3.05) is 19.0 Å². The highest BCUT2D eigenvalue weighted by Crippen LogP contribution is 2.34. The molecule has 0 aliphatic rings. The third-order valence-corrected chi connectivity index (χ3v) is 3.95. The number of terminal acetylenes is 1. The number of hydrogen-bond donors (Lipinski definition) is 1. The van der Waals surface area contributed by atoms with E-state index in [2.05, 4.69) is 55.9 Å². The predicted molar refractivity (Wildman–Crippen MR) is 104 cm³/mol. The summed E-state index contributed by atoms with van der Waals surface area (Å²) in [6.07, 6.45) is 7.85. The molecule has 0 unspecified atom stereocenters. The van der Waals surface area contributed by atoms with Crippen molar-refractivity contribution in [3.8, 4) is 23.8 Å². The largest absolute Gasteiger partial charge is 0.493 e. The summed E-state index contributed by atoms with van der Waals surface area (Å²) in [7, 11) is 1.64. The van der Waals surface area contributed by atoms with Crippen molar-refractivity contribution in [3.63, 3.8) is 0 Å². The summed E-state index contributed by atoms with van der Waals surface area (Å²) < 4.78 is 11.2. The Morgan fingerprint density at radius 3 is 2.72 bits per heavy atom. The molecule has 2 aromatic rings. The van der Waals surface area contributed by atoms with Gasteiger partial charge in [0.15, 0.2) is 11.5 Å². The van der Waals surface area contributed by atoms with Crippen LogP contribution >= 0.6 is 0 Å². The molecule has 0 saturated heterocycles. The Morgan fingerprint density at radius 1 is 1.24 bits per heavy atom. The van der Waals surface area contributed by atoms with E-state index in [1.165, 1.54) is 11.1 Å². The molecule has 0 fully saturated rings. The molecule has 0 aliphatic heterocycles. The van der Waals surface area contributed by atoms with Crippen molar-refractivity contribution >= 4 is 5.69 Å². The van der Waals surface area contributed by atoms with Crippen LogP contribution in [0.3, 0.4) is 0 Å². The predicted octanol–water partition coefficient (Wildman–Crippen LogP) is 4.66. The minimum atomic E-state index is 0.209. The maximum Gasteiger partial charge on any atom is 0.166 e. The molecule has 3 nitrogen and oxygen atoms in total. The molecule has 3 heteroatoms. The lowest BCUT2D eigenvalue weighted by Crippen LogP contribution is -2.05. The molecule has 0 saturated carbocycles. The molecule has 130 valence electrons. The van der Waals surface area contributed by atoms with Crippen LogP contribution in [-0.4, -0.2) is 13.7 Å². The Balaban J connectivity index is 2.28. The third-order valence-electron chi connectivity index (χ3n) is 3.95. The van der Waals surface area contributed by atoms with E-state index in [1.54, 1.807) is 7.11 Å². The molecule has 0 atom stereocenters. The molecule has 0 bridgehead atoms. The smallest absolute Gasteiger partial charge is 0.166 e. The first kappa shape index (κ1) is 18.5. The molecule has 0 aliphatic carbocycles. The van der Waals surface area contributed by atoms with E-state index in [1.807, 2.05) is 12.1 Å². The monoisotopic (exact) mass is 335 g/mol. The first-order valence-electron chi connectivity index (χ1n) is 8.27. The topological polar surface area (TPSA) is 30.5 Å². The lowest BCUT2D eigenvalue weighted by Gasteiger charge is -2.16. The number of rotatable bonds is 8. The lowest BCUT2D eigenvalue weighted by atomic mass is 10.0. The van der Waals surface area contributed by atoms with Crippen LogP contribution in [0.25, 0.3) is 0 Å². The summed E-state index contributed by atoms with van der Waals surface area (Å²) in [5, 5.41) is 3.50. The summed E-state index contributed by atoms with van der Waals surface area (Å²) in [4.78, 5) is 0. The van der Waals surface area contributed by atoms with Crippen LogP contribution in [0, 0.1) is 26.2 Å². The fourth-order valence-corrected chi connectivity index (χ4v) is 2.69. The molecule has 2 aromatic carbocycles. The average Bonchev–Trinajstić information content (AvgIpc) is 2.61. The number of methoxy groups -OCH3 is 1. The van der Waals surface area contributed by atoms with Crippen LogP contribution < -0.4 is 14.8 Å². The standard InChI is InChI=1S/C22H25NO2/c1-6-8-19-13-18(14-21(24-5)22(19)25-11-7-2)15-23-20-12-16(3)9-10-17(20)4/h2,6,9-10,12-14,23H,1,8,11,15H2,3-5H3. The van der Waals surface area contributed by atoms with Gasteiger partial charge in [0.05, 0.1) is 7.11 Å². The maximum atomic E-state index is 5.68. The molecule has 2 rings (SSSR count). The van der Waals surface area contributed by atoms with Crippen molar-refractivity contribution in [1.29, 1.82) is 0 Å². The number of hydrogen-bond acceptors (Lipinski definition) is 3. The van der Waals surface area contributed by atoms with Gasteiger partial charge in [-0.15, -0.1) is 13.0 Å². The second-order valence-electron chi connectivity index (χ2n) is 5.94. The Bertz CT molecular complexity index is 787. The fraction of sp³-hybridized carbons (Fsp3) is 0.273. The van der Waals surface area contributed by atoms with Crippen LogP contribution in [0.4, 0.5) is 5.69 Å². The second kappa shape index (κ2) is 8.84. The van der Waals surface area contributed by atoms with Crippen molar-refractivity contribution < 1.29 is 9.47 Å². The van der Waals surface area contributed by atoms with E-state index in [0.29, 0.717) is 24.5 Å². The number of allylic oxidation sites excluding steroid dienone is 1. The van der Waals surface area contributed by atoms with Crippen LogP contribution in [-0.2, 0) is 13.0 Å². The van der Waals surface area contributed by atoms with E-state index in [9.17, 15) is 0 Å². The van der Waals surface area contributed by atoms with Gasteiger partial charge >= 0.3 is 0 Å².